The molecular formula is C19H22N6S. The summed E-state index contributed by atoms with van der Waals surface area (Å²) in [5.74, 6) is 0.984. The summed E-state index contributed by atoms with van der Waals surface area (Å²) in [7, 11) is 0. The van der Waals surface area contributed by atoms with E-state index in [1.807, 2.05) is 41.4 Å². The first-order valence-electron chi connectivity index (χ1n) is 8.53. The van der Waals surface area contributed by atoms with Gasteiger partial charge in [0.2, 0.25) is 0 Å². The first-order valence-corrected chi connectivity index (χ1v) is 9.51. The Bertz CT molecular complexity index is 790. The summed E-state index contributed by atoms with van der Waals surface area (Å²) in [5, 5.41) is 17.5. The highest BCUT2D eigenvalue weighted by atomic mass is 32.2. The Labute approximate surface area is 158 Å². The van der Waals surface area contributed by atoms with Crippen LogP contribution < -0.4 is 5.73 Å². The van der Waals surface area contributed by atoms with Crippen molar-refractivity contribution in [3.8, 4) is 6.07 Å². The van der Waals surface area contributed by atoms with Gasteiger partial charge in [-0.3, -0.25) is 10.3 Å². The molecule has 134 valence electrons. The Hall–Kier alpha value is -2.56. The van der Waals surface area contributed by atoms with E-state index in [0.717, 1.165) is 43.5 Å². The SMILES string of the molecule is N#Cc1ccc(CSc2ncccc2CN2CCN(C(=N)N)CC2)cc1. The fourth-order valence-electron chi connectivity index (χ4n) is 2.89. The lowest BCUT2D eigenvalue weighted by molar-refractivity contribution is 0.172. The number of aromatic nitrogens is 1. The van der Waals surface area contributed by atoms with Crippen LogP contribution in [0.2, 0.25) is 0 Å². The van der Waals surface area contributed by atoms with Crippen molar-refractivity contribution in [3.63, 3.8) is 0 Å². The maximum atomic E-state index is 8.88. The van der Waals surface area contributed by atoms with E-state index in [9.17, 15) is 0 Å². The van der Waals surface area contributed by atoms with Crippen molar-refractivity contribution in [2.24, 2.45) is 5.73 Å². The van der Waals surface area contributed by atoms with Crippen LogP contribution in [0.15, 0.2) is 47.6 Å². The summed E-state index contributed by atoms with van der Waals surface area (Å²) >= 11 is 1.72. The van der Waals surface area contributed by atoms with Crippen LogP contribution >= 0.6 is 11.8 Å². The second-order valence-corrected chi connectivity index (χ2v) is 7.18. The molecule has 1 aromatic heterocycles. The zero-order valence-corrected chi connectivity index (χ0v) is 15.4. The Morgan fingerprint density at radius 2 is 1.92 bits per heavy atom. The van der Waals surface area contributed by atoms with Gasteiger partial charge in [-0.1, -0.05) is 18.2 Å². The molecular weight excluding hydrogens is 344 g/mol. The molecule has 2 heterocycles. The summed E-state index contributed by atoms with van der Waals surface area (Å²) in [6.45, 7) is 4.24. The highest BCUT2D eigenvalue weighted by Crippen LogP contribution is 2.25. The molecule has 26 heavy (non-hydrogen) atoms. The monoisotopic (exact) mass is 366 g/mol. The van der Waals surface area contributed by atoms with Crippen LogP contribution in [0.5, 0.6) is 0 Å². The zero-order chi connectivity index (χ0) is 18.4. The van der Waals surface area contributed by atoms with Gasteiger partial charge in [-0.2, -0.15) is 5.26 Å². The summed E-state index contributed by atoms with van der Waals surface area (Å²) in [6, 6.07) is 13.9. The van der Waals surface area contributed by atoms with Gasteiger partial charge in [0.25, 0.3) is 0 Å². The van der Waals surface area contributed by atoms with Crippen LogP contribution in [0, 0.1) is 16.7 Å². The van der Waals surface area contributed by atoms with Gasteiger partial charge in [0.05, 0.1) is 11.6 Å². The average Bonchev–Trinajstić information content (AvgIpc) is 2.68. The molecule has 1 aromatic carbocycles. The number of piperazine rings is 1. The number of nitrogens with one attached hydrogen (secondary N) is 1. The number of guanidine groups is 1. The third-order valence-corrected chi connectivity index (χ3v) is 5.53. The zero-order valence-electron chi connectivity index (χ0n) is 14.6. The fourth-order valence-corrected chi connectivity index (χ4v) is 3.84. The molecule has 1 aliphatic heterocycles. The molecule has 3 rings (SSSR count). The lowest BCUT2D eigenvalue weighted by Gasteiger charge is -2.35. The predicted octanol–water partition coefficient (Wildman–Crippen LogP) is 2.26. The van der Waals surface area contributed by atoms with Crippen molar-refractivity contribution in [2.45, 2.75) is 17.3 Å². The van der Waals surface area contributed by atoms with Gasteiger partial charge in [0, 0.05) is 44.7 Å². The number of hydrogen-bond acceptors (Lipinski definition) is 5. The molecule has 1 saturated heterocycles. The molecule has 0 amide bonds. The summed E-state index contributed by atoms with van der Waals surface area (Å²) in [6.07, 6.45) is 1.83. The molecule has 0 atom stereocenters. The van der Waals surface area contributed by atoms with E-state index in [0.29, 0.717) is 5.56 Å². The summed E-state index contributed by atoms with van der Waals surface area (Å²) in [5.41, 5.74) is 8.65. The van der Waals surface area contributed by atoms with Crippen molar-refractivity contribution < 1.29 is 0 Å². The molecule has 6 nitrogen and oxygen atoms in total. The summed E-state index contributed by atoms with van der Waals surface area (Å²) in [4.78, 5) is 8.84. The van der Waals surface area contributed by atoms with E-state index in [-0.39, 0.29) is 5.96 Å². The van der Waals surface area contributed by atoms with E-state index in [2.05, 4.69) is 22.0 Å². The average molecular weight is 366 g/mol. The van der Waals surface area contributed by atoms with Crippen molar-refractivity contribution >= 4 is 17.7 Å². The molecule has 1 aliphatic rings. The smallest absolute Gasteiger partial charge is 0.188 e. The molecule has 2 aromatic rings. The molecule has 3 N–H and O–H groups in total. The molecule has 0 radical (unpaired) electrons. The Morgan fingerprint density at radius 3 is 2.58 bits per heavy atom. The first kappa shape index (κ1) is 18.2. The fraction of sp³-hybridized carbons (Fsp3) is 0.316. The van der Waals surface area contributed by atoms with Crippen LogP contribution in [0.4, 0.5) is 0 Å². The molecule has 0 bridgehead atoms. The Balaban J connectivity index is 1.59. The van der Waals surface area contributed by atoms with Gasteiger partial charge in [-0.05, 0) is 29.3 Å². The van der Waals surface area contributed by atoms with Crippen LogP contribution in [0.3, 0.4) is 0 Å². The number of nitriles is 1. The Kier molecular flexibility index (Phi) is 6.10. The van der Waals surface area contributed by atoms with Gasteiger partial charge in [0.15, 0.2) is 5.96 Å². The minimum absolute atomic E-state index is 0.157. The van der Waals surface area contributed by atoms with Gasteiger partial charge >= 0.3 is 0 Å². The molecule has 0 aliphatic carbocycles. The van der Waals surface area contributed by atoms with E-state index >= 15 is 0 Å². The maximum Gasteiger partial charge on any atom is 0.188 e. The van der Waals surface area contributed by atoms with E-state index in [4.69, 9.17) is 16.4 Å². The van der Waals surface area contributed by atoms with Gasteiger partial charge in [-0.15, -0.1) is 11.8 Å². The third kappa shape index (κ3) is 4.75. The molecule has 0 saturated carbocycles. The van der Waals surface area contributed by atoms with Crippen molar-refractivity contribution in [3.05, 3.63) is 59.3 Å². The van der Waals surface area contributed by atoms with E-state index in [1.54, 1.807) is 11.8 Å². The van der Waals surface area contributed by atoms with Crippen molar-refractivity contribution in [1.29, 1.82) is 10.7 Å². The minimum atomic E-state index is 0.157. The number of pyridine rings is 1. The van der Waals surface area contributed by atoms with Gasteiger partial charge in [0.1, 0.15) is 5.03 Å². The van der Waals surface area contributed by atoms with Gasteiger partial charge in [-0.25, -0.2) is 4.98 Å². The van der Waals surface area contributed by atoms with Crippen molar-refractivity contribution in [1.82, 2.24) is 14.8 Å². The maximum absolute atomic E-state index is 8.88. The lowest BCUT2D eigenvalue weighted by atomic mass is 10.2. The van der Waals surface area contributed by atoms with E-state index < -0.39 is 0 Å². The molecule has 7 heteroatoms. The van der Waals surface area contributed by atoms with Crippen LogP contribution in [0.1, 0.15) is 16.7 Å². The number of nitrogens with two attached hydrogens (primary N) is 1. The second-order valence-electron chi connectivity index (χ2n) is 6.21. The van der Waals surface area contributed by atoms with Crippen LogP contribution in [-0.4, -0.2) is 46.9 Å². The van der Waals surface area contributed by atoms with Gasteiger partial charge < -0.3 is 10.6 Å². The van der Waals surface area contributed by atoms with Crippen LogP contribution in [-0.2, 0) is 12.3 Å². The third-order valence-electron chi connectivity index (χ3n) is 4.42. The summed E-state index contributed by atoms with van der Waals surface area (Å²) < 4.78 is 0. The number of benzene rings is 1. The highest BCUT2D eigenvalue weighted by Gasteiger charge is 2.18. The Morgan fingerprint density at radius 1 is 1.19 bits per heavy atom. The predicted molar refractivity (Wildman–Crippen MR) is 104 cm³/mol. The standard InChI is InChI=1S/C19H22N6S/c20-12-15-3-5-16(6-4-15)14-26-18-17(2-1-7-23-18)13-24-8-10-25(11-9-24)19(21)22/h1-7H,8-11,13-14H2,(H3,21,22). The number of hydrogen-bond donors (Lipinski definition) is 2. The number of nitrogens with zero attached hydrogens (tertiary/aromatic N) is 4. The highest BCUT2D eigenvalue weighted by molar-refractivity contribution is 7.98. The largest absolute Gasteiger partial charge is 0.370 e. The second kappa shape index (κ2) is 8.70. The normalized spacial score (nSPS) is 14.8. The quantitative estimate of drug-likeness (QED) is 0.479. The van der Waals surface area contributed by atoms with Crippen LogP contribution in [0.25, 0.3) is 0 Å². The molecule has 0 spiro atoms. The molecule has 1 fully saturated rings. The number of thioether (sulfide) groups is 1. The first-order chi connectivity index (χ1) is 12.7. The van der Waals surface area contributed by atoms with Crippen molar-refractivity contribution in [2.75, 3.05) is 26.2 Å². The van der Waals surface area contributed by atoms with E-state index in [1.165, 1.54) is 11.1 Å². The lowest BCUT2D eigenvalue weighted by Crippen LogP contribution is -2.50. The molecule has 0 unspecified atom stereocenters. The number of rotatable bonds is 5. The topological polar surface area (TPSA) is 93.0 Å². The minimum Gasteiger partial charge on any atom is -0.370 e.